The summed E-state index contributed by atoms with van der Waals surface area (Å²) in [5, 5.41) is 3.93. The lowest BCUT2D eigenvalue weighted by molar-refractivity contribution is 0.0464. The SMILES string of the molecule is COc1ccc(Oc2c(C)cc(-n3nc(C(=O)OCC(=O)c4ccccc4)c(=O)[nH]c3=O)cc2C)cc1Br. The highest BCUT2D eigenvalue weighted by Crippen LogP contribution is 2.34. The van der Waals surface area contributed by atoms with Crippen molar-refractivity contribution < 1.29 is 23.8 Å². The average Bonchev–Trinajstić information content (AvgIpc) is 2.89. The molecule has 194 valence electrons. The molecule has 11 heteroatoms. The maximum absolute atomic E-state index is 12.6. The largest absolute Gasteiger partial charge is 0.496 e. The van der Waals surface area contributed by atoms with Crippen LogP contribution in [-0.2, 0) is 4.74 Å². The average molecular weight is 580 g/mol. The molecular formula is C27H22BrN3O7. The highest BCUT2D eigenvalue weighted by Gasteiger charge is 2.20. The fraction of sp³-hybridized carbons (Fsp3) is 0.148. The second-order valence-electron chi connectivity index (χ2n) is 8.19. The Morgan fingerprint density at radius 2 is 1.68 bits per heavy atom. The number of nitrogens with zero attached hydrogens (tertiary/aromatic N) is 2. The number of nitrogens with one attached hydrogen (secondary N) is 1. The molecule has 4 aromatic rings. The number of benzene rings is 3. The third kappa shape index (κ3) is 5.73. The fourth-order valence-corrected chi connectivity index (χ4v) is 4.17. The van der Waals surface area contributed by atoms with Crippen molar-refractivity contribution in [2.45, 2.75) is 13.8 Å². The Balaban J connectivity index is 1.59. The number of esters is 1. The van der Waals surface area contributed by atoms with Crippen molar-refractivity contribution in [2.75, 3.05) is 13.7 Å². The van der Waals surface area contributed by atoms with Crippen molar-refractivity contribution in [3.05, 3.63) is 108 Å². The second kappa shape index (κ2) is 11.3. The summed E-state index contributed by atoms with van der Waals surface area (Å²) in [4.78, 5) is 51.7. The van der Waals surface area contributed by atoms with E-state index < -0.39 is 35.3 Å². The number of rotatable bonds is 8. The molecule has 3 aromatic carbocycles. The Bertz CT molecular complexity index is 1620. The monoisotopic (exact) mass is 579 g/mol. The van der Waals surface area contributed by atoms with E-state index in [1.165, 1.54) is 0 Å². The number of ether oxygens (including phenoxy) is 3. The lowest BCUT2D eigenvalue weighted by Gasteiger charge is -2.15. The van der Waals surface area contributed by atoms with Gasteiger partial charge in [0.05, 0.1) is 17.3 Å². The highest BCUT2D eigenvalue weighted by molar-refractivity contribution is 9.10. The first-order valence-electron chi connectivity index (χ1n) is 11.3. The summed E-state index contributed by atoms with van der Waals surface area (Å²) < 4.78 is 17.9. The van der Waals surface area contributed by atoms with Crippen LogP contribution in [0.15, 0.2) is 74.7 Å². The molecule has 10 nitrogen and oxygen atoms in total. The number of Topliss-reactive ketones (excluding diaryl/α,β-unsaturated/α-hetero) is 1. The Morgan fingerprint density at radius 3 is 2.32 bits per heavy atom. The number of hydrogen-bond donors (Lipinski definition) is 1. The van der Waals surface area contributed by atoms with Crippen LogP contribution < -0.4 is 20.7 Å². The minimum atomic E-state index is -1.14. The van der Waals surface area contributed by atoms with Crippen LogP contribution in [0.4, 0.5) is 0 Å². The third-order valence-electron chi connectivity index (χ3n) is 5.48. The number of carbonyl (C=O) groups is 2. The van der Waals surface area contributed by atoms with Crippen LogP contribution in [-0.4, -0.2) is 40.2 Å². The molecule has 1 aromatic heterocycles. The Hall–Kier alpha value is -4.51. The van der Waals surface area contributed by atoms with Gasteiger partial charge in [0.15, 0.2) is 12.4 Å². The predicted octanol–water partition coefficient (Wildman–Crippen LogP) is 4.14. The van der Waals surface area contributed by atoms with Crippen molar-refractivity contribution >= 4 is 27.7 Å². The normalized spacial score (nSPS) is 10.6. The molecule has 1 heterocycles. The molecule has 0 saturated heterocycles. The van der Waals surface area contributed by atoms with Gasteiger partial charge in [0.2, 0.25) is 5.69 Å². The molecule has 0 saturated carbocycles. The first kappa shape index (κ1) is 26.6. The predicted molar refractivity (Wildman–Crippen MR) is 142 cm³/mol. The number of carbonyl (C=O) groups excluding carboxylic acids is 2. The van der Waals surface area contributed by atoms with Crippen LogP contribution >= 0.6 is 15.9 Å². The molecule has 0 fully saturated rings. The van der Waals surface area contributed by atoms with Gasteiger partial charge >= 0.3 is 11.7 Å². The lowest BCUT2D eigenvalue weighted by atomic mass is 10.1. The van der Waals surface area contributed by atoms with Crippen LogP contribution in [0.25, 0.3) is 5.69 Å². The fourth-order valence-electron chi connectivity index (χ4n) is 3.65. The van der Waals surface area contributed by atoms with Crippen LogP contribution in [0.2, 0.25) is 0 Å². The molecular weight excluding hydrogens is 558 g/mol. The Labute approximate surface area is 224 Å². The van der Waals surface area contributed by atoms with Gasteiger partial charge in [0, 0.05) is 5.56 Å². The van der Waals surface area contributed by atoms with Crippen molar-refractivity contribution in [1.29, 1.82) is 0 Å². The van der Waals surface area contributed by atoms with Gasteiger partial charge in [-0.25, -0.2) is 9.59 Å². The summed E-state index contributed by atoms with van der Waals surface area (Å²) in [5.41, 5.74) is -0.556. The van der Waals surface area contributed by atoms with E-state index in [0.29, 0.717) is 39.6 Å². The van der Waals surface area contributed by atoms with E-state index in [2.05, 4.69) is 26.0 Å². The van der Waals surface area contributed by atoms with Crippen LogP contribution in [0.5, 0.6) is 17.2 Å². The number of ketones is 1. The van der Waals surface area contributed by atoms with Gasteiger partial charge < -0.3 is 14.2 Å². The summed E-state index contributed by atoms with van der Waals surface area (Å²) in [6.07, 6.45) is 0. The smallest absolute Gasteiger partial charge is 0.365 e. The van der Waals surface area contributed by atoms with Crippen LogP contribution in [0.1, 0.15) is 32.0 Å². The van der Waals surface area contributed by atoms with Gasteiger partial charge in [-0.3, -0.25) is 14.6 Å². The molecule has 38 heavy (non-hydrogen) atoms. The molecule has 0 amide bonds. The molecule has 0 bridgehead atoms. The third-order valence-corrected chi connectivity index (χ3v) is 6.10. The van der Waals surface area contributed by atoms with Gasteiger partial charge in [0.25, 0.3) is 5.56 Å². The quantitative estimate of drug-likeness (QED) is 0.243. The van der Waals surface area contributed by atoms with E-state index in [1.54, 1.807) is 81.6 Å². The van der Waals surface area contributed by atoms with Crippen molar-refractivity contribution in [3.8, 4) is 22.9 Å². The molecule has 1 N–H and O–H groups in total. The Morgan fingerprint density at radius 1 is 1.00 bits per heavy atom. The zero-order valence-corrected chi connectivity index (χ0v) is 22.2. The van der Waals surface area contributed by atoms with E-state index >= 15 is 0 Å². The minimum Gasteiger partial charge on any atom is -0.496 e. The number of halogens is 1. The first-order valence-corrected chi connectivity index (χ1v) is 12.1. The number of aromatic amines is 1. The van der Waals surface area contributed by atoms with Gasteiger partial charge in [-0.15, -0.1) is 0 Å². The van der Waals surface area contributed by atoms with Gasteiger partial charge in [0.1, 0.15) is 17.2 Å². The van der Waals surface area contributed by atoms with E-state index in [9.17, 15) is 19.2 Å². The zero-order valence-electron chi connectivity index (χ0n) is 20.6. The number of aromatic nitrogens is 3. The van der Waals surface area contributed by atoms with E-state index in [-0.39, 0.29) is 0 Å². The van der Waals surface area contributed by atoms with Crippen LogP contribution in [0.3, 0.4) is 0 Å². The van der Waals surface area contributed by atoms with Gasteiger partial charge in [-0.2, -0.15) is 9.78 Å². The molecule has 0 spiro atoms. The summed E-state index contributed by atoms with van der Waals surface area (Å²) in [6.45, 7) is 2.98. The number of H-pyrrole nitrogens is 1. The summed E-state index contributed by atoms with van der Waals surface area (Å²) in [6, 6.07) is 16.8. The van der Waals surface area contributed by atoms with Gasteiger partial charge in [-0.05, 0) is 71.2 Å². The van der Waals surface area contributed by atoms with Crippen molar-refractivity contribution in [1.82, 2.24) is 14.8 Å². The zero-order chi connectivity index (χ0) is 27.4. The van der Waals surface area contributed by atoms with E-state index in [1.807, 2.05) is 0 Å². The lowest BCUT2D eigenvalue weighted by Crippen LogP contribution is -2.36. The molecule has 0 unspecified atom stereocenters. The topological polar surface area (TPSA) is 130 Å². The Kier molecular flexibility index (Phi) is 7.87. The van der Waals surface area contributed by atoms with E-state index in [4.69, 9.17) is 14.2 Å². The first-order chi connectivity index (χ1) is 18.2. The number of methoxy groups -OCH3 is 1. The van der Waals surface area contributed by atoms with Gasteiger partial charge in [-0.1, -0.05) is 30.3 Å². The summed E-state index contributed by atoms with van der Waals surface area (Å²) >= 11 is 3.43. The van der Waals surface area contributed by atoms with Crippen molar-refractivity contribution in [3.63, 3.8) is 0 Å². The molecule has 4 rings (SSSR count). The summed E-state index contributed by atoms with van der Waals surface area (Å²) in [7, 11) is 1.57. The maximum atomic E-state index is 12.6. The summed E-state index contributed by atoms with van der Waals surface area (Å²) in [5.74, 6) is 0.189. The standard InChI is InChI=1S/C27H22BrN3O7/c1-15-11-18(12-16(2)24(15)38-19-9-10-22(36-3)20(28)13-19)31-27(35)29-25(33)23(30-31)26(34)37-14-21(32)17-7-5-4-6-8-17/h4-13H,14H2,1-3H3,(H,29,33,35). The van der Waals surface area contributed by atoms with Crippen LogP contribution in [0, 0.1) is 13.8 Å². The maximum Gasteiger partial charge on any atom is 0.365 e. The molecule has 0 radical (unpaired) electrons. The second-order valence-corrected chi connectivity index (χ2v) is 9.05. The van der Waals surface area contributed by atoms with E-state index in [0.717, 1.165) is 9.15 Å². The number of hydrogen-bond acceptors (Lipinski definition) is 8. The molecule has 0 atom stereocenters. The highest BCUT2D eigenvalue weighted by atomic mass is 79.9. The molecule has 0 aliphatic heterocycles. The molecule has 0 aliphatic carbocycles. The minimum absolute atomic E-state index is 0.291. The van der Waals surface area contributed by atoms with Crippen molar-refractivity contribution in [2.24, 2.45) is 0 Å². The number of aryl methyl sites for hydroxylation is 2. The molecule has 0 aliphatic rings.